The minimum atomic E-state index is -0.0185. The molecule has 2 aromatic heterocycles. The molecule has 0 amide bonds. The van der Waals surface area contributed by atoms with Gasteiger partial charge in [0.2, 0.25) is 5.82 Å². The lowest BCUT2D eigenvalue weighted by Crippen LogP contribution is -2.35. The number of rotatable bonds is 3. The molecular formula is C26H29N7O2. The molecule has 0 radical (unpaired) electrons. The number of benzene rings is 1. The summed E-state index contributed by atoms with van der Waals surface area (Å²) >= 11 is 0. The van der Waals surface area contributed by atoms with Crippen molar-refractivity contribution in [1.29, 1.82) is 0 Å². The Morgan fingerprint density at radius 2 is 2.00 bits per heavy atom. The number of hydrogen-bond donors (Lipinski definition) is 2. The monoisotopic (exact) mass is 471 g/mol. The van der Waals surface area contributed by atoms with E-state index in [2.05, 4.69) is 43.7 Å². The zero-order valence-corrected chi connectivity index (χ0v) is 19.8. The average Bonchev–Trinajstić information content (AvgIpc) is 3.32. The third kappa shape index (κ3) is 5.12. The number of phenols is 1. The molecule has 1 unspecified atom stereocenters. The van der Waals surface area contributed by atoms with Gasteiger partial charge in [0.25, 0.3) is 0 Å². The molecule has 2 aliphatic rings. The Morgan fingerprint density at radius 1 is 1.11 bits per heavy atom. The molecular weight excluding hydrogens is 442 g/mol. The summed E-state index contributed by atoms with van der Waals surface area (Å²) in [5, 5.41) is 18.6. The standard InChI is InChI=1S/C26H29N7O2/c1-18-11-13-32(22-17-21(30-31-26(22)27)20-6-2-3-7-23(20)34)14-15-33(18)25-10-12-28-24(29-25)9-8-19-5-4-16-35-19/h2-3,6-7,10,12,17-19,34H,4-5,11,13-16H2,1H3,(H2,27,31)/t18-,19?/m1/s1. The first-order chi connectivity index (χ1) is 17.1. The summed E-state index contributed by atoms with van der Waals surface area (Å²) in [7, 11) is 0. The molecule has 5 rings (SSSR count). The fourth-order valence-electron chi connectivity index (χ4n) is 4.51. The number of aromatic nitrogens is 4. The number of ether oxygens (including phenoxy) is 1. The first-order valence-electron chi connectivity index (χ1n) is 12.0. The van der Waals surface area contributed by atoms with Gasteiger partial charge in [-0.05, 0) is 56.4 Å². The highest BCUT2D eigenvalue weighted by molar-refractivity contribution is 5.74. The fraction of sp³-hybridized carbons (Fsp3) is 0.385. The Morgan fingerprint density at radius 3 is 2.83 bits per heavy atom. The Kier molecular flexibility index (Phi) is 6.64. The summed E-state index contributed by atoms with van der Waals surface area (Å²) in [6.45, 7) is 5.27. The highest BCUT2D eigenvalue weighted by Crippen LogP contribution is 2.32. The van der Waals surface area contributed by atoms with Crippen LogP contribution >= 0.6 is 0 Å². The maximum absolute atomic E-state index is 10.2. The SMILES string of the molecule is C[C@@H]1CCN(c2cc(-c3ccccc3O)nnc2N)CCN1c1ccnc(C#CC2CCCO2)n1. The van der Waals surface area contributed by atoms with E-state index in [9.17, 15) is 5.11 Å². The molecule has 0 spiro atoms. The summed E-state index contributed by atoms with van der Waals surface area (Å²) in [5.41, 5.74) is 8.27. The molecule has 2 saturated heterocycles. The van der Waals surface area contributed by atoms with Crippen molar-refractivity contribution in [1.82, 2.24) is 20.2 Å². The summed E-state index contributed by atoms with van der Waals surface area (Å²) in [6, 6.07) is 11.2. The molecule has 9 nitrogen and oxygen atoms in total. The second-order valence-electron chi connectivity index (χ2n) is 8.84. The zero-order valence-electron chi connectivity index (χ0n) is 19.8. The van der Waals surface area contributed by atoms with E-state index in [1.54, 1.807) is 18.3 Å². The number of phenolic OH excluding ortho intramolecular Hbond substituents is 1. The fourth-order valence-corrected chi connectivity index (χ4v) is 4.51. The van der Waals surface area contributed by atoms with Crippen molar-refractivity contribution < 1.29 is 9.84 Å². The average molecular weight is 472 g/mol. The van der Waals surface area contributed by atoms with Crippen molar-refractivity contribution in [2.75, 3.05) is 41.8 Å². The molecule has 0 saturated carbocycles. The quantitative estimate of drug-likeness (QED) is 0.557. The van der Waals surface area contributed by atoms with Gasteiger partial charge in [-0.2, -0.15) is 0 Å². The lowest BCUT2D eigenvalue weighted by atomic mass is 10.1. The molecule has 3 aromatic rings. The molecule has 2 fully saturated rings. The van der Waals surface area contributed by atoms with Crippen molar-refractivity contribution >= 4 is 17.3 Å². The number of anilines is 3. The number of nitrogens with two attached hydrogens (primary N) is 1. The van der Waals surface area contributed by atoms with Crippen LogP contribution in [0.25, 0.3) is 11.3 Å². The van der Waals surface area contributed by atoms with Crippen LogP contribution in [0.1, 0.15) is 32.0 Å². The summed E-state index contributed by atoms with van der Waals surface area (Å²) < 4.78 is 5.58. The van der Waals surface area contributed by atoms with E-state index in [4.69, 9.17) is 15.5 Å². The molecule has 3 N–H and O–H groups in total. The summed E-state index contributed by atoms with van der Waals surface area (Å²) in [4.78, 5) is 13.6. The van der Waals surface area contributed by atoms with Gasteiger partial charge in [0.1, 0.15) is 17.7 Å². The second-order valence-corrected chi connectivity index (χ2v) is 8.84. The minimum Gasteiger partial charge on any atom is -0.507 e. The van der Waals surface area contributed by atoms with Gasteiger partial charge in [-0.3, -0.25) is 0 Å². The van der Waals surface area contributed by atoms with Crippen molar-refractivity contribution in [2.45, 2.75) is 38.3 Å². The van der Waals surface area contributed by atoms with Crippen LogP contribution < -0.4 is 15.5 Å². The Labute approximate surface area is 205 Å². The van der Waals surface area contributed by atoms with E-state index in [1.807, 2.05) is 24.3 Å². The number of hydrogen-bond acceptors (Lipinski definition) is 9. The largest absolute Gasteiger partial charge is 0.507 e. The Bertz CT molecular complexity index is 1250. The lowest BCUT2D eigenvalue weighted by molar-refractivity contribution is 0.152. The van der Waals surface area contributed by atoms with Gasteiger partial charge in [-0.25, -0.2) is 9.97 Å². The molecule has 0 bridgehead atoms. The van der Waals surface area contributed by atoms with Gasteiger partial charge < -0.3 is 25.4 Å². The third-order valence-electron chi connectivity index (χ3n) is 6.49. The molecule has 4 heterocycles. The smallest absolute Gasteiger partial charge is 0.206 e. The van der Waals surface area contributed by atoms with E-state index in [0.717, 1.165) is 57.0 Å². The molecule has 1 aromatic carbocycles. The van der Waals surface area contributed by atoms with Crippen molar-refractivity contribution in [3.63, 3.8) is 0 Å². The molecule has 35 heavy (non-hydrogen) atoms. The predicted octanol–water partition coefficient (Wildman–Crippen LogP) is 2.86. The minimum absolute atomic E-state index is 0.0185. The normalized spacial score (nSPS) is 20.3. The predicted molar refractivity (Wildman–Crippen MR) is 135 cm³/mol. The molecule has 9 heteroatoms. The van der Waals surface area contributed by atoms with Crippen LogP contribution in [0.15, 0.2) is 42.6 Å². The lowest BCUT2D eigenvalue weighted by Gasteiger charge is -2.28. The third-order valence-corrected chi connectivity index (χ3v) is 6.49. The summed E-state index contributed by atoms with van der Waals surface area (Å²) in [5.74, 6) is 8.13. The van der Waals surface area contributed by atoms with Crippen LogP contribution in [-0.2, 0) is 4.74 Å². The Balaban J connectivity index is 1.35. The maximum Gasteiger partial charge on any atom is 0.206 e. The van der Waals surface area contributed by atoms with Crippen LogP contribution in [0, 0.1) is 11.8 Å². The van der Waals surface area contributed by atoms with Crippen LogP contribution in [0.2, 0.25) is 0 Å². The molecule has 2 aliphatic heterocycles. The first kappa shape index (κ1) is 22.9. The van der Waals surface area contributed by atoms with Gasteiger partial charge in [-0.1, -0.05) is 18.1 Å². The van der Waals surface area contributed by atoms with Crippen LogP contribution in [0.5, 0.6) is 5.75 Å². The number of aromatic hydroxyl groups is 1. The topological polar surface area (TPSA) is 114 Å². The van der Waals surface area contributed by atoms with Gasteiger partial charge >= 0.3 is 0 Å². The van der Waals surface area contributed by atoms with Crippen LogP contribution in [0.3, 0.4) is 0 Å². The number of para-hydroxylation sites is 1. The highest BCUT2D eigenvalue weighted by atomic mass is 16.5. The molecule has 2 atom stereocenters. The van der Waals surface area contributed by atoms with Gasteiger partial charge in [-0.15, -0.1) is 10.2 Å². The zero-order chi connectivity index (χ0) is 24.2. The van der Waals surface area contributed by atoms with E-state index in [-0.39, 0.29) is 17.9 Å². The highest BCUT2D eigenvalue weighted by Gasteiger charge is 2.24. The van der Waals surface area contributed by atoms with Crippen molar-refractivity contribution in [3.05, 3.63) is 48.4 Å². The van der Waals surface area contributed by atoms with Gasteiger partial charge in [0.15, 0.2) is 5.82 Å². The van der Waals surface area contributed by atoms with Crippen molar-refractivity contribution in [2.24, 2.45) is 0 Å². The van der Waals surface area contributed by atoms with E-state index >= 15 is 0 Å². The van der Waals surface area contributed by atoms with Crippen molar-refractivity contribution in [3.8, 4) is 28.8 Å². The summed E-state index contributed by atoms with van der Waals surface area (Å²) in [6.07, 6.45) is 4.67. The Hall–Kier alpha value is -3.90. The van der Waals surface area contributed by atoms with Gasteiger partial charge in [0, 0.05) is 44.0 Å². The van der Waals surface area contributed by atoms with E-state index < -0.39 is 0 Å². The maximum atomic E-state index is 10.2. The van der Waals surface area contributed by atoms with E-state index in [1.165, 1.54) is 0 Å². The second kappa shape index (κ2) is 10.2. The van der Waals surface area contributed by atoms with Gasteiger partial charge in [0.05, 0.1) is 11.4 Å². The molecule has 180 valence electrons. The molecule has 0 aliphatic carbocycles. The number of nitrogen functional groups attached to an aromatic ring is 1. The first-order valence-corrected chi connectivity index (χ1v) is 12.0. The van der Waals surface area contributed by atoms with Crippen LogP contribution in [0.4, 0.5) is 17.3 Å². The van der Waals surface area contributed by atoms with Crippen LogP contribution in [-0.4, -0.2) is 63.7 Å². The number of nitrogens with zero attached hydrogens (tertiary/aromatic N) is 6. The van der Waals surface area contributed by atoms with E-state index in [0.29, 0.717) is 22.9 Å².